The summed E-state index contributed by atoms with van der Waals surface area (Å²) in [5.41, 5.74) is -0.664. The molecule has 0 saturated heterocycles. The molecule has 18 heavy (non-hydrogen) atoms. The summed E-state index contributed by atoms with van der Waals surface area (Å²) >= 11 is 0. The van der Waals surface area contributed by atoms with Crippen LogP contribution in [0.25, 0.3) is 0 Å². The van der Waals surface area contributed by atoms with Crippen molar-refractivity contribution in [1.29, 1.82) is 0 Å². The van der Waals surface area contributed by atoms with E-state index in [9.17, 15) is 13.2 Å². The number of hydrogen-bond acceptors (Lipinski definition) is 5. The largest absolute Gasteiger partial charge is 0.459 e. The van der Waals surface area contributed by atoms with E-state index in [0.717, 1.165) is 0 Å². The molecule has 108 valence electrons. The summed E-state index contributed by atoms with van der Waals surface area (Å²) in [6.45, 7) is 8.65. The highest BCUT2D eigenvalue weighted by Gasteiger charge is 2.31. The normalized spacial score (nSPS) is 16.1. The zero-order valence-corrected chi connectivity index (χ0v) is 12.9. The van der Waals surface area contributed by atoms with Gasteiger partial charge < -0.3 is 10.1 Å². The monoisotopic (exact) mass is 279 g/mol. The Morgan fingerprint density at radius 1 is 1.33 bits per heavy atom. The number of nitrogens with one attached hydrogen (secondary N) is 1. The van der Waals surface area contributed by atoms with E-state index in [0.29, 0.717) is 6.42 Å². The summed E-state index contributed by atoms with van der Waals surface area (Å²) in [5.74, 6) is -1.26. The van der Waals surface area contributed by atoms with Crippen LogP contribution in [-0.2, 0) is 19.4 Å². The standard InChI is InChI=1S/C12H25NO4S/c1-7-10(13-6)9(2)18(15,16)8-11(14)17-12(3,4)5/h9-10,13H,7-8H2,1-6H3. The van der Waals surface area contributed by atoms with Crippen LogP contribution in [0.5, 0.6) is 0 Å². The summed E-state index contributed by atoms with van der Waals surface area (Å²) in [4.78, 5) is 11.6. The fourth-order valence-electron chi connectivity index (χ4n) is 1.69. The van der Waals surface area contributed by atoms with Crippen molar-refractivity contribution in [1.82, 2.24) is 5.32 Å². The quantitative estimate of drug-likeness (QED) is 0.738. The minimum Gasteiger partial charge on any atom is -0.459 e. The van der Waals surface area contributed by atoms with Gasteiger partial charge in [-0.05, 0) is 41.2 Å². The topological polar surface area (TPSA) is 72.5 Å². The average molecular weight is 279 g/mol. The maximum absolute atomic E-state index is 12.0. The van der Waals surface area contributed by atoms with Crippen molar-refractivity contribution in [3.63, 3.8) is 0 Å². The third-order valence-electron chi connectivity index (χ3n) is 2.68. The Hall–Kier alpha value is -0.620. The van der Waals surface area contributed by atoms with Gasteiger partial charge in [-0.15, -0.1) is 0 Å². The van der Waals surface area contributed by atoms with Gasteiger partial charge in [0.1, 0.15) is 11.4 Å². The molecule has 2 atom stereocenters. The number of rotatable bonds is 6. The van der Waals surface area contributed by atoms with Gasteiger partial charge in [-0.3, -0.25) is 4.79 Å². The number of ether oxygens (including phenoxy) is 1. The highest BCUT2D eigenvalue weighted by atomic mass is 32.2. The van der Waals surface area contributed by atoms with Crippen LogP contribution in [0.2, 0.25) is 0 Å². The molecule has 0 aromatic rings. The van der Waals surface area contributed by atoms with Crippen molar-refractivity contribution in [2.45, 2.75) is 57.9 Å². The zero-order chi connectivity index (χ0) is 14.6. The van der Waals surface area contributed by atoms with E-state index >= 15 is 0 Å². The molecule has 5 nitrogen and oxygen atoms in total. The number of carbonyl (C=O) groups excluding carboxylic acids is 1. The highest BCUT2D eigenvalue weighted by molar-refractivity contribution is 7.92. The third kappa shape index (κ3) is 5.82. The van der Waals surface area contributed by atoms with Gasteiger partial charge in [0.15, 0.2) is 9.84 Å². The van der Waals surface area contributed by atoms with E-state index in [1.165, 1.54) is 0 Å². The van der Waals surface area contributed by atoms with E-state index < -0.39 is 32.4 Å². The van der Waals surface area contributed by atoms with Crippen molar-refractivity contribution < 1.29 is 17.9 Å². The molecular weight excluding hydrogens is 254 g/mol. The van der Waals surface area contributed by atoms with Gasteiger partial charge in [0, 0.05) is 6.04 Å². The maximum atomic E-state index is 12.0. The Balaban J connectivity index is 4.71. The second-order valence-electron chi connectivity index (χ2n) is 5.40. The summed E-state index contributed by atoms with van der Waals surface area (Å²) in [7, 11) is -1.78. The molecule has 0 aromatic carbocycles. The number of hydrogen-bond donors (Lipinski definition) is 1. The number of esters is 1. The predicted molar refractivity (Wildman–Crippen MR) is 72.2 cm³/mol. The van der Waals surface area contributed by atoms with Gasteiger partial charge in [0.05, 0.1) is 5.25 Å². The molecule has 2 unspecified atom stereocenters. The van der Waals surface area contributed by atoms with Crippen molar-refractivity contribution in [3.8, 4) is 0 Å². The summed E-state index contributed by atoms with van der Waals surface area (Å²) in [5, 5.41) is 2.34. The van der Waals surface area contributed by atoms with E-state index in [-0.39, 0.29) is 6.04 Å². The molecular formula is C12H25NO4S. The first-order chi connectivity index (χ1) is 8.03. The van der Waals surface area contributed by atoms with Crippen LogP contribution in [0, 0.1) is 0 Å². The molecule has 1 N–H and O–H groups in total. The van der Waals surface area contributed by atoms with Gasteiger partial charge in [-0.1, -0.05) is 6.92 Å². The Labute approximate surface area is 110 Å². The highest BCUT2D eigenvalue weighted by Crippen LogP contribution is 2.13. The molecule has 0 rings (SSSR count). The molecule has 0 spiro atoms. The Bertz CT molecular complexity index is 366. The first-order valence-corrected chi connectivity index (χ1v) is 7.85. The van der Waals surface area contributed by atoms with E-state index in [1.54, 1.807) is 34.7 Å². The molecule has 0 fully saturated rings. The van der Waals surface area contributed by atoms with Gasteiger partial charge in [-0.2, -0.15) is 0 Å². The summed E-state index contributed by atoms with van der Waals surface area (Å²) < 4.78 is 29.1. The van der Waals surface area contributed by atoms with Gasteiger partial charge >= 0.3 is 5.97 Å². The minimum absolute atomic E-state index is 0.155. The predicted octanol–water partition coefficient (Wildman–Crippen LogP) is 1.13. The summed E-state index contributed by atoms with van der Waals surface area (Å²) in [6.07, 6.45) is 0.686. The van der Waals surface area contributed by atoms with Crippen LogP contribution < -0.4 is 5.32 Å². The zero-order valence-electron chi connectivity index (χ0n) is 12.1. The molecule has 0 saturated carbocycles. The molecule has 0 bridgehead atoms. The Kier molecular flexibility index (Phi) is 6.29. The van der Waals surface area contributed by atoms with Crippen LogP contribution >= 0.6 is 0 Å². The SMILES string of the molecule is CCC(NC)C(C)S(=O)(=O)CC(=O)OC(C)(C)C. The van der Waals surface area contributed by atoms with Crippen LogP contribution in [0.1, 0.15) is 41.0 Å². The van der Waals surface area contributed by atoms with Gasteiger partial charge in [0.2, 0.25) is 0 Å². The molecule has 0 aliphatic rings. The number of sulfone groups is 1. The summed E-state index contributed by atoms with van der Waals surface area (Å²) in [6, 6.07) is -0.155. The van der Waals surface area contributed by atoms with Crippen LogP contribution in [0.15, 0.2) is 0 Å². The van der Waals surface area contributed by atoms with E-state index in [1.807, 2.05) is 6.92 Å². The second-order valence-corrected chi connectivity index (χ2v) is 7.76. The third-order valence-corrected chi connectivity index (χ3v) is 4.78. The number of carbonyl (C=O) groups is 1. The lowest BCUT2D eigenvalue weighted by molar-refractivity contribution is -0.151. The van der Waals surface area contributed by atoms with Crippen LogP contribution in [0.4, 0.5) is 0 Å². The van der Waals surface area contributed by atoms with Crippen molar-refractivity contribution in [2.75, 3.05) is 12.8 Å². The molecule has 0 heterocycles. The smallest absolute Gasteiger partial charge is 0.321 e. The lowest BCUT2D eigenvalue weighted by Crippen LogP contribution is -2.43. The van der Waals surface area contributed by atoms with E-state index in [4.69, 9.17) is 4.74 Å². The molecule has 0 aliphatic heterocycles. The lowest BCUT2D eigenvalue weighted by atomic mass is 10.2. The fraction of sp³-hybridized carbons (Fsp3) is 0.917. The average Bonchev–Trinajstić information content (AvgIpc) is 2.15. The first-order valence-electron chi connectivity index (χ1n) is 6.14. The first kappa shape index (κ1) is 17.4. The van der Waals surface area contributed by atoms with Crippen molar-refractivity contribution in [3.05, 3.63) is 0 Å². The molecule has 0 amide bonds. The molecule has 6 heteroatoms. The van der Waals surface area contributed by atoms with Gasteiger partial charge in [0.25, 0.3) is 0 Å². The maximum Gasteiger partial charge on any atom is 0.321 e. The van der Waals surface area contributed by atoms with Crippen molar-refractivity contribution in [2.24, 2.45) is 0 Å². The van der Waals surface area contributed by atoms with Crippen LogP contribution in [-0.4, -0.2) is 44.1 Å². The lowest BCUT2D eigenvalue weighted by Gasteiger charge is -2.23. The molecule has 0 radical (unpaired) electrons. The minimum atomic E-state index is -3.49. The second kappa shape index (κ2) is 6.52. The van der Waals surface area contributed by atoms with E-state index in [2.05, 4.69) is 5.32 Å². The Morgan fingerprint density at radius 3 is 2.17 bits per heavy atom. The molecule has 0 aliphatic carbocycles. The van der Waals surface area contributed by atoms with Crippen molar-refractivity contribution >= 4 is 15.8 Å². The fourth-order valence-corrected chi connectivity index (χ4v) is 3.17. The van der Waals surface area contributed by atoms with Gasteiger partial charge in [-0.25, -0.2) is 8.42 Å². The molecule has 0 aromatic heterocycles. The Morgan fingerprint density at radius 2 is 1.83 bits per heavy atom. The van der Waals surface area contributed by atoms with Crippen LogP contribution in [0.3, 0.4) is 0 Å².